The van der Waals surface area contributed by atoms with Crippen molar-refractivity contribution in [2.24, 2.45) is 5.92 Å². The normalized spacial score (nSPS) is 16.4. The van der Waals surface area contributed by atoms with Crippen LogP contribution in [0.15, 0.2) is 35.8 Å². The fourth-order valence-electron chi connectivity index (χ4n) is 2.81. The monoisotopic (exact) mass is 339 g/mol. The molecule has 3 rings (SSSR count). The first-order valence-corrected chi connectivity index (χ1v) is 7.58. The summed E-state index contributed by atoms with van der Waals surface area (Å²) < 4.78 is 38.9. The Hall–Kier alpha value is -2.45. The van der Waals surface area contributed by atoms with Crippen molar-refractivity contribution < 1.29 is 13.2 Å². The van der Waals surface area contributed by atoms with E-state index in [4.69, 9.17) is 0 Å². The van der Waals surface area contributed by atoms with Crippen LogP contribution in [-0.4, -0.2) is 32.6 Å². The molecule has 24 heavy (non-hydrogen) atoms. The summed E-state index contributed by atoms with van der Waals surface area (Å²) in [6, 6.07) is 2.39. The number of nitrogens with zero attached hydrogens (tertiary/aromatic N) is 5. The summed E-state index contributed by atoms with van der Waals surface area (Å²) in [5, 5.41) is 0. The minimum absolute atomic E-state index is 0.222. The maximum Gasteiger partial charge on any atom is 0.433 e. The van der Waals surface area contributed by atoms with Crippen molar-refractivity contribution in [3.63, 3.8) is 0 Å². The van der Waals surface area contributed by atoms with E-state index in [0.29, 0.717) is 12.6 Å². The smallest absolute Gasteiger partial charge is 0.357 e. The van der Waals surface area contributed by atoms with Gasteiger partial charge in [0.1, 0.15) is 12.1 Å². The summed E-state index contributed by atoms with van der Waals surface area (Å²) in [6.07, 6.45) is 1.23. The van der Waals surface area contributed by atoms with Crippen LogP contribution in [0.25, 0.3) is 0 Å². The van der Waals surface area contributed by atoms with E-state index in [2.05, 4.69) is 19.9 Å². The summed E-state index contributed by atoms with van der Waals surface area (Å²) in [6.45, 7) is 1.94. The molecule has 0 spiro atoms. The molecular formula is C15H16F3N5O. The van der Waals surface area contributed by atoms with Crippen molar-refractivity contribution in [3.05, 3.63) is 47.0 Å². The van der Waals surface area contributed by atoms with E-state index in [-0.39, 0.29) is 5.92 Å². The highest BCUT2D eigenvalue weighted by Gasteiger charge is 2.33. The second-order valence-corrected chi connectivity index (χ2v) is 5.76. The highest BCUT2D eigenvalue weighted by atomic mass is 19.4. The van der Waals surface area contributed by atoms with Gasteiger partial charge < -0.3 is 4.90 Å². The molecule has 0 aromatic carbocycles. The van der Waals surface area contributed by atoms with Crippen molar-refractivity contribution in [2.45, 2.75) is 25.6 Å². The number of alkyl halides is 3. The molecular weight excluding hydrogens is 323 g/mol. The van der Waals surface area contributed by atoms with Crippen molar-refractivity contribution in [2.75, 3.05) is 18.0 Å². The Morgan fingerprint density at radius 3 is 2.54 bits per heavy atom. The molecule has 0 aliphatic carbocycles. The van der Waals surface area contributed by atoms with E-state index in [1.807, 2.05) is 6.07 Å². The lowest BCUT2D eigenvalue weighted by Gasteiger charge is -2.32. The Morgan fingerprint density at radius 1 is 1.21 bits per heavy atom. The van der Waals surface area contributed by atoms with Crippen LogP contribution in [0.4, 0.5) is 19.0 Å². The highest BCUT2D eigenvalue weighted by Crippen LogP contribution is 2.26. The lowest BCUT2D eigenvalue weighted by Crippen LogP contribution is -2.37. The summed E-state index contributed by atoms with van der Waals surface area (Å²) >= 11 is 0. The molecule has 2 aromatic heterocycles. The molecule has 0 N–H and O–H groups in total. The van der Waals surface area contributed by atoms with Gasteiger partial charge in [0.2, 0.25) is 0 Å². The second kappa shape index (κ2) is 6.58. The molecule has 2 aromatic rings. The van der Waals surface area contributed by atoms with E-state index >= 15 is 0 Å². The van der Waals surface area contributed by atoms with Gasteiger partial charge in [0.15, 0.2) is 5.69 Å². The molecule has 0 radical (unpaired) electrons. The van der Waals surface area contributed by atoms with Gasteiger partial charge in [-0.1, -0.05) is 0 Å². The number of halogens is 3. The quantitative estimate of drug-likeness (QED) is 0.855. The molecule has 1 aliphatic heterocycles. The van der Waals surface area contributed by atoms with Crippen molar-refractivity contribution in [1.82, 2.24) is 19.5 Å². The Morgan fingerprint density at radius 2 is 1.96 bits per heavy atom. The summed E-state index contributed by atoms with van der Waals surface area (Å²) in [7, 11) is 0. The fourth-order valence-corrected chi connectivity index (χ4v) is 2.81. The van der Waals surface area contributed by atoms with E-state index in [9.17, 15) is 18.0 Å². The first kappa shape index (κ1) is 16.4. The van der Waals surface area contributed by atoms with Crippen molar-refractivity contribution in [3.8, 4) is 0 Å². The molecule has 1 fully saturated rings. The topological polar surface area (TPSA) is 63.9 Å². The Bertz CT molecular complexity index is 739. The predicted octanol–water partition coefficient (Wildman–Crippen LogP) is 1.97. The van der Waals surface area contributed by atoms with Gasteiger partial charge in [-0.25, -0.2) is 15.0 Å². The van der Waals surface area contributed by atoms with Gasteiger partial charge in [0.05, 0.1) is 6.33 Å². The standard InChI is InChI=1S/C15H16F3N5O/c16-15(17,18)12-7-14(24)23(10-21-12)8-11-2-5-22(6-3-11)13-1-4-19-9-20-13/h1,4,7,9-11H,2-3,5-6,8H2. The number of hydrogen-bond donors (Lipinski definition) is 0. The molecule has 1 saturated heterocycles. The number of piperidine rings is 1. The maximum atomic E-state index is 12.5. The minimum atomic E-state index is -4.60. The van der Waals surface area contributed by atoms with Crippen LogP contribution in [0, 0.1) is 5.92 Å². The van der Waals surface area contributed by atoms with E-state index in [0.717, 1.165) is 38.1 Å². The number of anilines is 1. The van der Waals surface area contributed by atoms with Gasteiger partial charge in [-0.15, -0.1) is 0 Å². The molecule has 9 heteroatoms. The lowest BCUT2D eigenvalue weighted by molar-refractivity contribution is -0.141. The summed E-state index contributed by atoms with van der Waals surface area (Å²) in [4.78, 5) is 25.4. The van der Waals surface area contributed by atoms with Crippen LogP contribution in [0.3, 0.4) is 0 Å². The molecule has 0 saturated carbocycles. The van der Waals surface area contributed by atoms with Crippen molar-refractivity contribution in [1.29, 1.82) is 0 Å². The molecule has 128 valence electrons. The van der Waals surface area contributed by atoms with Crippen molar-refractivity contribution >= 4 is 5.82 Å². The summed E-state index contributed by atoms with van der Waals surface area (Å²) in [5.41, 5.74) is -1.82. The second-order valence-electron chi connectivity index (χ2n) is 5.76. The predicted molar refractivity (Wildman–Crippen MR) is 80.5 cm³/mol. The van der Waals surface area contributed by atoms with Crippen LogP contribution in [-0.2, 0) is 12.7 Å². The number of aromatic nitrogens is 4. The Balaban J connectivity index is 1.61. The van der Waals surface area contributed by atoms with Gasteiger partial charge in [0, 0.05) is 31.9 Å². The van der Waals surface area contributed by atoms with E-state index in [1.165, 1.54) is 10.9 Å². The maximum absolute atomic E-state index is 12.5. The zero-order chi connectivity index (χ0) is 17.2. The largest absolute Gasteiger partial charge is 0.433 e. The van der Waals surface area contributed by atoms with Gasteiger partial charge in [-0.2, -0.15) is 13.2 Å². The third-order valence-electron chi connectivity index (χ3n) is 4.13. The molecule has 0 bridgehead atoms. The van der Waals surface area contributed by atoms with Gasteiger partial charge in [-0.05, 0) is 24.8 Å². The molecule has 1 aliphatic rings. The van der Waals surface area contributed by atoms with E-state index in [1.54, 1.807) is 6.20 Å². The van der Waals surface area contributed by atoms with E-state index < -0.39 is 17.4 Å². The minimum Gasteiger partial charge on any atom is -0.357 e. The molecule has 0 unspecified atom stereocenters. The van der Waals surface area contributed by atoms with Gasteiger partial charge >= 0.3 is 6.18 Å². The Kier molecular flexibility index (Phi) is 4.50. The first-order chi connectivity index (χ1) is 11.4. The molecule has 0 atom stereocenters. The zero-order valence-electron chi connectivity index (χ0n) is 12.8. The SMILES string of the molecule is O=c1cc(C(F)(F)F)ncn1CC1CCN(c2ccncn2)CC1. The molecule has 6 nitrogen and oxygen atoms in total. The first-order valence-electron chi connectivity index (χ1n) is 7.58. The fraction of sp³-hybridized carbons (Fsp3) is 0.467. The molecule has 0 amide bonds. The lowest BCUT2D eigenvalue weighted by atomic mass is 9.96. The third kappa shape index (κ3) is 3.72. The zero-order valence-corrected chi connectivity index (χ0v) is 12.8. The van der Waals surface area contributed by atoms with Crippen LogP contribution in [0.1, 0.15) is 18.5 Å². The van der Waals surface area contributed by atoms with Crippen LogP contribution in [0.5, 0.6) is 0 Å². The third-order valence-corrected chi connectivity index (χ3v) is 4.13. The van der Waals surface area contributed by atoms with Gasteiger partial charge in [-0.3, -0.25) is 9.36 Å². The van der Waals surface area contributed by atoms with Gasteiger partial charge in [0.25, 0.3) is 5.56 Å². The van der Waals surface area contributed by atoms with Crippen LogP contribution in [0.2, 0.25) is 0 Å². The van der Waals surface area contributed by atoms with Crippen LogP contribution < -0.4 is 10.5 Å². The number of rotatable bonds is 3. The van der Waals surface area contributed by atoms with Crippen LogP contribution >= 0.6 is 0 Å². The number of hydrogen-bond acceptors (Lipinski definition) is 5. The summed E-state index contributed by atoms with van der Waals surface area (Å²) in [5.74, 6) is 1.08. The highest BCUT2D eigenvalue weighted by molar-refractivity contribution is 5.36. The Labute approximate surface area is 136 Å². The molecule has 3 heterocycles. The average Bonchev–Trinajstić information content (AvgIpc) is 2.57. The average molecular weight is 339 g/mol.